The molecule has 212 valence electrons. The Labute approximate surface area is 251 Å². The molecule has 0 unspecified atom stereocenters. The van der Waals surface area contributed by atoms with Crippen LogP contribution in [0.4, 0.5) is 0 Å². The zero-order valence-electron chi connectivity index (χ0n) is 22.9. The van der Waals surface area contributed by atoms with Crippen molar-refractivity contribution in [2.45, 2.75) is 57.2 Å². The summed E-state index contributed by atoms with van der Waals surface area (Å²) in [6.45, 7) is -0.163. The molecule has 1 N–H and O–H groups in total. The summed E-state index contributed by atoms with van der Waals surface area (Å²) >= 11 is 13.1. The zero-order chi connectivity index (χ0) is 28.6. The summed E-state index contributed by atoms with van der Waals surface area (Å²) in [5, 5.41) is 6.07. The predicted octanol–water partition coefficient (Wildman–Crippen LogP) is 7.61. The van der Waals surface area contributed by atoms with Crippen LogP contribution in [0.5, 0.6) is 5.75 Å². The molecular weight excluding hydrogens is 555 g/mol. The number of carbonyl (C=O) groups excluding carboxylic acids is 2. The Morgan fingerprint density at radius 3 is 2.24 bits per heavy atom. The van der Waals surface area contributed by atoms with Crippen molar-refractivity contribution in [2.24, 2.45) is 0 Å². The number of hydrogen-bond acceptors (Lipinski definition) is 3. The van der Waals surface area contributed by atoms with Gasteiger partial charge in [0.2, 0.25) is 5.91 Å². The van der Waals surface area contributed by atoms with Crippen LogP contribution in [-0.2, 0) is 22.6 Å². The van der Waals surface area contributed by atoms with E-state index in [1.807, 2.05) is 72.8 Å². The van der Waals surface area contributed by atoms with Crippen molar-refractivity contribution < 1.29 is 14.3 Å². The van der Waals surface area contributed by atoms with E-state index in [0.717, 1.165) is 42.0 Å². The Balaban J connectivity index is 1.47. The first-order valence-corrected chi connectivity index (χ1v) is 14.9. The summed E-state index contributed by atoms with van der Waals surface area (Å²) in [6.07, 6.45) is 5.59. The largest absolute Gasteiger partial charge is 0.483 e. The van der Waals surface area contributed by atoms with Crippen molar-refractivity contribution in [3.63, 3.8) is 0 Å². The third kappa shape index (κ3) is 7.41. The fourth-order valence-corrected chi connectivity index (χ4v) is 6.01. The average Bonchev–Trinajstić information content (AvgIpc) is 3.00. The molecule has 1 fully saturated rings. The zero-order valence-corrected chi connectivity index (χ0v) is 24.4. The smallest absolute Gasteiger partial charge is 0.261 e. The highest BCUT2D eigenvalue weighted by Crippen LogP contribution is 2.29. The molecule has 0 bridgehead atoms. The SMILES string of the molecule is O=C(NC1CCCCC1)[C@H](Cc1ccccc1)N(Cc1c(Cl)cccc1Cl)C(=O)COc1cccc2ccccc12. The highest BCUT2D eigenvalue weighted by atomic mass is 35.5. The van der Waals surface area contributed by atoms with Gasteiger partial charge in [-0.3, -0.25) is 9.59 Å². The number of nitrogens with zero attached hydrogens (tertiary/aromatic N) is 1. The molecule has 1 saturated carbocycles. The van der Waals surface area contributed by atoms with E-state index < -0.39 is 6.04 Å². The summed E-state index contributed by atoms with van der Waals surface area (Å²) < 4.78 is 6.10. The number of ether oxygens (including phenoxy) is 1. The molecule has 4 aromatic carbocycles. The van der Waals surface area contributed by atoms with Gasteiger partial charge in [-0.15, -0.1) is 0 Å². The van der Waals surface area contributed by atoms with Crippen LogP contribution < -0.4 is 10.1 Å². The van der Waals surface area contributed by atoms with E-state index in [1.54, 1.807) is 23.1 Å². The van der Waals surface area contributed by atoms with Gasteiger partial charge in [0.25, 0.3) is 5.91 Å². The number of rotatable bonds is 10. The fraction of sp³-hybridized carbons (Fsp3) is 0.294. The van der Waals surface area contributed by atoms with Gasteiger partial charge in [-0.25, -0.2) is 0 Å². The molecule has 1 atom stereocenters. The molecule has 1 aliphatic rings. The van der Waals surface area contributed by atoms with Crippen molar-refractivity contribution >= 4 is 45.8 Å². The van der Waals surface area contributed by atoms with Crippen LogP contribution in [0.2, 0.25) is 10.0 Å². The lowest BCUT2D eigenvalue weighted by Crippen LogP contribution is -2.53. The van der Waals surface area contributed by atoms with E-state index in [2.05, 4.69) is 5.32 Å². The Morgan fingerprint density at radius 2 is 1.49 bits per heavy atom. The fourth-order valence-electron chi connectivity index (χ4n) is 5.50. The van der Waals surface area contributed by atoms with Gasteiger partial charge in [-0.1, -0.05) is 115 Å². The third-order valence-electron chi connectivity index (χ3n) is 7.71. The van der Waals surface area contributed by atoms with Crippen LogP contribution in [0, 0.1) is 0 Å². The first-order chi connectivity index (χ1) is 20.0. The lowest BCUT2D eigenvalue weighted by molar-refractivity contribution is -0.143. The number of nitrogens with one attached hydrogen (secondary N) is 1. The summed E-state index contributed by atoms with van der Waals surface area (Å²) in [5.41, 5.74) is 1.55. The van der Waals surface area contributed by atoms with Crippen molar-refractivity contribution in [1.82, 2.24) is 10.2 Å². The van der Waals surface area contributed by atoms with E-state index in [4.69, 9.17) is 27.9 Å². The minimum absolute atomic E-state index is 0.0752. The van der Waals surface area contributed by atoms with E-state index in [-0.39, 0.29) is 31.0 Å². The first kappa shape index (κ1) is 29.0. The lowest BCUT2D eigenvalue weighted by Gasteiger charge is -2.33. The molecule has 2 amide bonds. The van der Waals surface area contributed by atoms with E-state index >= 15 is 0 Å². The molecule has 0 heterocycles. The first-order valence-electron chi connectivity index (χ1n) is 14.2. The van der Waals surface area contributed by atoms with Crippen molar-refractivity contribution in [1.29, 1.82) is 0 Å². The number of benzene rings is 4. The van der Waals surface area contributed by atoms with Crippen LogP contribution >= 0.6 is 23.2 Å². The van der Waals surface area contributed by atoms with Crippen LogP contribution in [0.15, 0.2) is 91.0 Å². The topological polar surface area (TPSA) is 58.6 Å². The molecule has 41 heavy (non-hydrogen) atoms. The van der Waals surface area contributed by atoms with Gasteiger partial charge in [-0.05, 0) is 42.0 Å². The second-order valence-electron chi connectivity index (χ2n) is 10.5. The van der Waals surface area contributed by atoms with E-state index in [9.17, 15) is 9.59 Å². The van der Waals surface area contributed by atoms with Crippen molar-refractivity contribution in [3.8, 4) is 5.75 Å². The molecule has 0 radical (unpaired) electrons. The third-order valence-corrected chi connectivity index (χ3v) is 8.42. The lowest BCUT2D eigenvalue weighted by atomic mass is 9.94. The van der Waals surface area contributed by atoms with Crippen LogP contribution in [0.3, 0.4) is 0 Å². The summed E-state index contributed by atoms with van der Waals surface area (Å²) in [7, 11) is 0. The monoisotopic (exact) mass is 588 g/mol. The molecule has 5 rings (SSSR count). The Bertz CT molecular complexity index is 1460. The number of hydrogen-bond donors (Lipinski definition) is 1. The van der Waals surface area contributed by atoms with Crippen LogP contribution in [0.25, 0.3) is 10.8 Å². The van der Waals surface area contributed by atoms with Crippen LogP contribution in [0.1, 0.15) is 43.2 Å². The van der Waals surface area contributed by atoms with Crippen LogP contribution in [-0.4, -0.2) is 35.4 Å². The van der Waals surface area contributed by atoms with Crippen molar-refractivity contribution in [2.75, 3.05) is 6.61 Å². The quantitative estimate of drug-likeness (QED) is 0.207. The maximum Gasteiger partial charge on any atom is 0.261 e. The maximum atomic E-state index is 14.0. The molecule has 0 aliphatic heterocycles. The summed E-state index contributed by atoms with van der Waals surface area (Å²) in [4.78, 5) is 29.6. The number of amides is 2. The second kappa shape index (κ2) is 13.9. The van der Waals surface area contributed by atoms with Gasteiger partial charge >= 0.3 is 0 Å². The molecule has 0 saturated heterocycles. The maximum absolute atomic E-state index is 14.0. The summed E-state index contributed by atoms with van der Waals surface area (Å²) in [5.74, 6) is 0.106. The highest BCUT2D eigenvalue weighted by Gasteiger charge is 2.33. The molecule has 7 heteroatoms. The predicted molar refractivity (Wildman–Crippen MR) is 165 cm³/mol. The highest BCUT2D eigenvalue weighted by molar-refractivity contribution is 6.36. The molecule has 1 aliphatic carbocycles. The normalized spacial score (nSPS) is 14.4. The number of halogens is 2. The van der Waals surface area contributed by atoms with Gasteiger partial charge in [-0.2, -0.15) is 0 Å². The number of carbonyl (C=O) groups is 2. The average molecular weight is 590 g/mol. The Morgan fingerprint density at radius 1 is 0.829 bits per heavy atom. The van der Waals surface area contributed by atoms with Gasteiger partial charge in [0.05, 0.1) is 0 Å². The van der Waals surface area contributed by atoms with Gasteiger partial charge in [0.1, 0.15) is 11.8 Å². The standard InChI is InChI=1S/C34H34Cl2N2O3/c35-29-18-10-19-30(36)28(29)22-38(33(39)23-41-32-20-9-14-25-13-7-8-17-27(25)32)31(21-24-11-3-1-4-12-24)34(40)37-26-15-5-2-6-16-26/h1,3-4,7-14,17-20,26,31H,2,5-6,15-16,21-23H2,(H,37,40)/t31-/m0/s1. The molecule has 5 nitrogen and oxygen atoms in total. The van der Waals surface area contributed by atoms with E-state index in [0.29, 0.717) is 27.8 Å². The minimum Gasteiger partial charge on any atom is -0.483 e. The summed E-state index contributed by atoms with van der Waals surface area (Å²) in [6, 6.07) is 27.9. The van der Waals surface area contributed by atoms with Gasteiger partial charge in [0.15, 0.2) is 6.61 Å². The van der Waals surface area contributed by atoms with Crippen molar-refractivity contribution in [3.05, 3.63) is 112 Å². The Hall–Kier alpha value is -3.54. The second-order valence-corrected chi connectivity index (χ2v) is 11.4. The molecule has 4 aromatic rings. The molecular formula is C34H34Cl2N2O3. The Kier molecular flexibility index (Phi) is 9.81. The minimum atomic E-state index is -0.782. The number of fused-ring (bicyclic) bond motifs is 1. The van der Waals surface area contributed by atoms with Gasteiger partial charge < -0.3 is 15.0 Å². The van der Waals surface area contributed by atoms with Gasteiger partial charge in [0, 0.05) is 40.0 Å². The molecule has 0 aromatic heterocycles. The molecule has 0 spiro atoms. The van der Waals surface area contributed by atoms with E-state index in [1.165, 1.54) is 6.42 Å².